The molecule has 0 fully saturated rings. The van der Waals surface area contributed by atoms with Crippen molar-refractivity contribution >= 4 is 23.0 Å². The van der Waals surface area contributed by atoms with Crippen LogP contribution < -0.4 is 5.32 Å². The molecule has 1 rings (SSSR count). The van der Waals surface area contributed by atoms with E-state index >= 15 is 0 Å². The van der Waals surface area contributed by atoms with Crippen molar-refractivity contribution in [2.75, 3.05) is 5.32 Å². The first-order valence-corrected chi connectivity index (χ1v) is 4.82. The predicted octanol–water partition coefficient (Wildman–Crippen LogP) is 3.83. The van der Waals surface area contributed by atoms with Gasteiger partial charge in [-0.05, 0) is 38.1 Å². The van der Waals surface area contributed by atoms with Crippen LogP contribution in [-0.4, -0.2) is 5.71 Å². The van der Waals surface area contributed by atoms with E-state index in [-0.39, 0.29) is 5.02 Å². The summed E-state index contributed by atoms with van der Waals surface area (Å²) in [5, 5.41) is 10.3. The van der Waals surface area contributed by atoms with Gasteiger partial charge in [-0.1, -0.05) is 11.6 Å². The Morgan fingerprint density at radius 2 is 2.13 bits per heavy atom. The van der Waals surface area contributed by atoms with Gasteiger partial charge in [0.1, 0.15) is 5.82 Å². The Morgan fingerprint density at radius 3 is 2.67 bits per heavy atom. The predicted molar refractivity (Wildman–Crippen MR) is 62.2 cm³/mol. The van der Waals surface area contributed by atoms with Gasteiger partial charge in [0.2, 0.25) is 0 Å². The van der Waals surface area contributed by atoms with E-state index in [9.17, 15) is 4.39 Å². The topological polar surface area (TPSA) is 35.9 Å². The fourth-order valence-electron chi connectivity index (χ4n) is 1.16. The molecular weight excluding hydrogens is 215 g/mol. The van der Waals surface area contributed by atoms with Gasteiger partial charge < -0.3 is 10.7 Å². The molecule has 0 saturated heterocycles. The lowest BCUT2D eigenvalue weighted by molar-refractivity contribution is 0.629. The number of halogens is 2. The van der Waals surface area contributed by atoms with Crippen LogP contribution in [0.15, 0.2) is 30.0 Å². The molecular formula is C11H12ClFN2. The first-order valence-electron chi connectivity index (χ1n) is 4.44. The lowest BCUT2D eigenvalue weighted by Crippen LogP contribution is -1.98. The summed E-state index contributed by atoms with van der Waals surface area (Å²) in [7, 11) is 0. The third-order valence-electron chi connectivity index (χ3n) is 1.69. The summed E-state index contributed by atoms with van der Waals surface area (Å²) in [6, 6.07) is 4.49. The van der Waals surface area contributed by atoms with E-state index in [1.54, 1.807) is 19.1 Å². The highest BCUT2D eigenvalue weighted by atomic mass is 35.5. The summed E-state index contributed by atoms with van der Waals surface area (Å²) in [6.07, 6.45) is 1.66. The lowest BCUT2D eigenvalue weighted by atomic mass is 10.2. The zero-order valence-electron chi connectivity index (χ0n) is 8.57. The van der Waals surface area contributed by atoms with Crippen LogP contribution >= 0.6 is 11.6 Å². The van der Waals surface area contributed by atoms with Gasteiger partial charge in [0, 0.05) is 17.1 Å². The van der Waals surface area contributed by atoms with E-state index in [0.29, 0.717) is 11.4 Å². The molecule has 4 heteroatoms. The van der Waals surface area contributed by atoms with Crippen LogP contribution in [0.2, 0.25) is 5.02 Å². The van der Waals surface area contributed by atoms with Gasteiger partial charge in [0.25, 0.3) is 0 Å². The van der Waals surface area contributed by atoms with Gasteiger partial charge in [0.05, 0.1) is 5.02 Å². The number of nitrogens with one attached hydrogen (secondary N) is 2. The zero-order chi connectivity index (χ0) is 11.4. The van der Waals surface area contributed by atoms with Gasteiger partial charge in [0.15, 0.2) is 0 Å². The average Bonchev–Trinajstić information content (AvgIpc) is 2.10. The van der Waals surface area contributed by atoms with Gasteiger partial charge in [-0.3, -0.25) is 0 Å². The van der Waals surface area contributed by atoms with Gasteiger partial charge in [-0.2, -0.15) is 0 Å². The number of hydrogen-bond acceptors (Lipinski definition) is 2. The first-order chi connectivity index (χ1) is 6.99. The van der Waals surface area contributed by atoms with E-state index in [2.05, 4.69) is 5.32 Å². The average molecular weight is 227 g/mol. The fraction of sp³-hybridized carbons (Fsp3) is 0.182. The molecule has 2 N–H and O–H groups in total. The molecule has 0 aliphatic rings. The monoisotopic (exact) mass is 226 g/mol. The number of rotatable bonds is 3. The van der Waals surface area contributed by atoms with Crippen molar-refractivity contribution in [3.63, 3.8) is 0 Å². The molecule has 0 unspecified atom stereocenters. The van der Waals surface area contributed by atoms with E-state index in [0.717, 1.165) is 5.70 Å². The molecule has 1 aromatic rings. The third kappa shape index (κ3) is 3.72. The van der Waals surface area contributed by atoms with Crippen molar-refractivity contribution in [3.8, 4) is 0 Å². The van der Waals surface area contributed by atoms with Gasteiger partial charge in [-0.25, -0.2) is 4.39 Å². The SMILES string of the molecule is CC(=N)/C=C(/C)Nc1ccc(Cl)c(F)c1. The Balaban J connectivity index is 2.82. The van der Waals surface area contributed by atoms with Crippen LogP contribution in [0.25, 0.3) is 0 Å². The number of benzene rings is 1. The molecule has 0 heterocycles. The second-order valence-electron chi connectivity index (χ2n) is 3.26. The van der Waals surface area contributed by atoms with Crippen LogP contribution in [-0.2, 0) is 0 Å². The maximum Gasteiger partial charge on any atom is 0.143 e. The van der Waals surface area contributed by atoms with Crippen molar-refractivity contribution < 1.29 is 4.39 Å². The van der Waals surface area contributed by atoms with Crippen molar-refractivity contribution in [3.05, 3.63) is 40.8 Å². The second-order valence-corrected chi connectivity index (χ2v) is 3.67. The van der Waals surface area contributed by atoms with Crippen molar-refractivity contribution in [2.24, 2.45) is 0 Å². The zero-order valence-corrected chi connectivity index (χ0v) is 9.32. The molecule has 0 aliphatic heterocycles. The summed E-state index contributed by atoms with van der Waals surface area (Å²) in [5.41, 5.74) is 1.84. The van der Waals surface area contributed by atoms with Crippen molar-refractivity contribution in [1.82, 2.24) is 0 Å². The smallest absolute Gasteiger partial charge is 0.143 e. The summed E-state index contributed by atoms with van der Waals surface area (Å²) >= 11 is 5.55. The van der Waals surface area contributed by atoms with Crippen LogP contribution in [0.1, 0.15) is 13.8 Å². The van der Waals surface area contributed by atoms with Crippen molar-refractivity contribution in [1.29, 1.82) is 5.41 Å². The van der Waals surface area contributed by atoms with E-state index in [1.165, 1.54) is 12.1 Å². The first kappa shape index (κ1) is 11.7. The Labute approximate surface area is 93.3 Å². The second kappa shape index (κ2) is 4.94. The molecule has 0 amide bonds. The number of allylic oxidation sites excluding steroid dienone is 2. The highest BCUT2D eigenvalue weighted by Crippen LogP contribution is 2.19. The van der Waals surface area contributed by atoms with Gasteiger partial charge >= 0.3 is 0 Å². The molecule has 2 nitrogen and oxygen atoms in total. The minimum absolute atomic E-state index is 0.102. The maximum absolute atomic E-state index is 13.1. The van der Waals surface area contributed by atoms with Crippen LogP contribution in [0.5, 0.6) is 0 Å². The number of anilines is 1. The molecule has 1 aromatic carbocycles. The lowest BCUT2D eigenvalue weighted by Gasteiger charge is -2.06. The summed E-state index contributed by atoms with van der Waals surface area (Å²) in [4.78, 5) is 0. The Kier molecular flexibility index (Phi) is 3.86. The highest BCUT2D eigenvalue weighted by molar-refractivity contribution is 6.30. The molecule has 0 bridgehead atoms. The maximum atomic E-state index is 13.1. The van der Waals surface area contributed by atoms with E-state index < -0.39 is 5.82 Å². The molecule has 80 valence electrons. The third-order valence-corrected chi connectivity index (χ3v) is 2.00. The molecule has 15 heavy (non-hydrogen) atoms. The standard InChI is InChI=1S/C11H12ClFN2/c1-7(14)5-8(2)15-9-3-4-10(12)11(13)6-9/h3-6,14-15H,1-2H3/b8-5-,14-7?. The Morgan fingerprint density at radius 1 is 1.47 bits per heavy atom. The minimum atomic E-state index is -0.457. The largest absolute Gasteiger partial charge is 0.359 e. The molecule has 0 spiro atoms. The van der Waals surface area contributed by atoms with E-state index in [1.807, 2.05) is 6.92 Å². The molecule has 0 aliphatic carbocycles. The van der Waals surface area contributed by atoms with Crippen molar-refractivity contribution in [2.45, 2.75) is 13.8 Å². The minimum Gasteiger partial charge on any atom is -0.359 e. The molecule has 0 atom stereocenters. The van der Waals surface area contributed by atoms with Gasteiger partial charge in [-0.15, -0.1) is 0 Å². The normalized spacial score (nSPS) is 11.3. The highest BCUT2D eigenvalue weighted by Gasteiger charge is 2.00. The molecule has 0 saturated carbocycles. The quantitative estimate of drug-likeness (QED) is 0.755. The summed E-state index contributed by atoms with van der Waals surface area (Å²) in [6.45, 7) is 3.48. The fourth-order valence-corrected chi connectivity index (χ4v) is 1.28. The van der Waals surface area contributed by atoms with Crippen LogP contribution in [0, 0.1) is 11.2 Å². The molecule has 0 aromatic heterocycles. The summed E-state index contributed by atoms with van der Waals surface area (Å²) < 4.78 is 13.1. The van der Waals surface area contributed by atoms with Crippen LogP contribution in [0.4, 0.5) is 10.1 Å². The number of hydrogen-bond donors (Lipinski definition) is 2. The summed E-state index contributed by atoms with van der Waals surface area (Å²) in [5.74, 6) is -0.457. The Hall–Kier alpha value is -1.35. The Bertz CT molecular complexity index is 413. The molecule has 0 radical (unpaired) electrons. The van der Waals surface area contributed by atoms with Crippen LogP contribution in [0.3, 0.4) is 0 Å². The van der Waals surface area contributed by atoms with E-state index in [4.69, 9.17) is 17.0 Å².